The Bertz CT molecular complexity index is 434. The lowest BCUT2D eigenvalue weighted by Crippen LogP contribution is -2.61. The van der Waals surface area contributed by atoms with Gasteiger partial charge in [0.15, 0.2) is 0 Å². The first kappa shape index (κ1) is 16.7. The van der Waals surface area contributed by atoms with Gasteiger partial charge < -0.3 is 15.5 Å². The van der Waals surface area contributed by atoms with Gasteiger partial charge >= 0.3 is 0 Å². The van der Waals surface area contributed by atoms with E-state index in [1.807, 2.05) is 4.90 Å². The molecule has 3 aliphatic rings. The molecule has 0 aromatic carbocycles. The summed E-state index contributed by atoms with van der Waals surface area (Å²) >= 11 is 0. The quantitative estimate of drug-likeness (QED) is 0.812. The fraction of sp³-hybridized carbons (Fsp3) is 0.889. The molecule has 0 unspecified atom stereocenters. The van der Waals surface area contributed by atoms with Crippen molar-refractivity contribution in [3.63, 3.8) is 0 Å². The van der Waals surface area contributed by atoms with E-state index >= 15 is 0 Å². The number of likely N-dealkylation sites (tertiary alicyclic amines) is 1. The zero-order chi connectivity index (χ0) is 16.3. The van der Waals surface area contributed by atoms with Gasteiger partial charge in [-0.2, -0.15) is 0 Å². The van der Waals surface area contributed by atoms with E-state index < -0.39 is 5.54 Å². The Balaban J connectivity index is 1.54. The van der Waals surface area contributed by atoms with E-state index in [2.05, 4.69) is 10.6 Å². The number of hydrogen-bond acceptors (Lipinski definition) is 3. The smallest absolute Gasteiger partial charge is 0.248 e. The molecule has 0 atom stereocenters. The van der Waals surface area contributed by atoms with Gasteiger partial charge in [0.1, 0.15) is 5.54 Å². The van der Waals surface area contributed by atoms with Gasteiger partial charge in [0.2, 0.25) is 11.8 Å². The standard InChI is InChI=1S/C18H31N3O2/c1-14(22)20-18(9-3-2-4-10-18)17(23)21-11-7-16(8-12-21)19-13-15-5-6-15/h15-16,19H,2-13H2,1H3,(H,20,22). The predicted molar refractivity (Wildman–Crippen MR) is 90.0 cm³/mol. The number of nitrogens with zero attached hydrogens (tertiary/aromatic N) is 1. The number of carbonyl (C=O) groups is 2. The van der Waals surface area contributed by atoms with E-state index in [0.29, 0.717) is 6.04 Å². The molecule has 5 nitrogen and oxygen atoms in total. The van der Waals surface area contributed by atoms with Crippen LogP contribution >= 0.6 is 0 Å². The summed E-state index contributed by atoms with van der Waals surface area (Å²) in [6.45, 7) is 4.32. The Morgan fingerprint density at radius 2 is 1.70 bits per heavy atom. The fourth-order valence-corrected chi connectivity index (χ4v) is 4.13. The van der Waals surface area contributed by atoms with Crippen molar-refractivity contribution >= 4 is 11.8 Å². The molecule has 23 heavy (non-hydrogen) atoms. The zero-order valence-corrected chi connectivity index (χ0v) is 14.4. The van der Waals surface area contributed by atoms with E-state index in [1.165, 1.54) is 26.2 Å². The summed E-state index contributed by atoms with van der Waals surface area (Å²) < 4.78 is 0. The molecule has 1 saturated heterocycles. The topological polar surface area (TPSA) is 61.4 Å². The van der Waals surface area contributed by atoms with E-state index in [4.69, 9.17) is 0 Å². The normalized spacial score (nSPS) is 25.2. The maximum absolute atomic E-state index is 13.1. The molecule has 2 aliphatic carbocycles. The molecule has 130 valence electrons. The minimum Gasteiger partial charge on any atom is -0.342 e. The molecule has 1 aliphatic heterocycles. The summed E-state index contributed by atoms with van der Waals surface area (Å²) in [7, 11) is 0. The molecule has 2 N–H and O–H groups in total. The second kappa shape index (κ2) is 7.20. The molecule has 3 fully saturated rings. The van der Waals surface area contributed by atoms with Gasteiger partial charge in [0.05, 0.1) is 0 Å². The fourth-order valence-electron chi connectivity index (χ4n) is 4.13. The second-order valence-electron chi connectivity index (χ2n) is 7.74. The molecular formula is C18H31N3O2. The summed E-state index contributed by atoms with van der Waals surface area (Å²) in [4.78, 5) is 26.7. The van der Waals surface area contributed by atoms with Crippen LogP contribution in [0.4, 0.5) is 0 Å². The van der Waals surface area contributed by atoms with Crippen LogP contribution in [0.5, 0.6) is 0 Å². The van der Waals surface area contributed by atoms with Crippen molar-refractivity contribution in [2.75, 3.05) is 19.6 Å². The molecule has 5 heteroatoms. The average Bonchev–Trinajstić information content (AvgIpc) is 3.37. The molecule has 0 spiro atoms. The minimum atomic E-state index is -0.627. The number of carbonyl (C=O) groups excluding carboxylic acids is 2. The molecular weight excluding hydrogens is 290 g/mol. The number of hydrogen-bond donors (Lipinski definition) is 2. The van der Waals surface area contributed by atoms with Crippen molar-refractivity contribution in [3.05, 3.63) is 0 Å². The van der Waals surface area contributed by atoms with E-state index in [1.54, 1.807) is 0 Å². The van der Waals surface area contributed by atoms with Crippen molar-refractivity contribution in [1.29, 1.82) is 0 Å². The van der Waals surface area contributed by atoms with Crippen LogP contribution in [0.1, 0.15) is 64.7 Å². The summed E-state index contributed by atoms with van der Waals surface area (Å²) in [5.74, 6) is 0.981. The highest BCUT2D eigenvalue weighted by molar-refractivity contribution is 5.91. The number of piperidine rings is 1. The molecule has 0 radical (unpaired) electrons. The van der Waals surface area contributed by atoms with E-state index in [0.717, 1.165) is 64.1 Å². The van der Waals surface area contributed by atoms with Crippen molar-refractivity contribution in [1.82, 2.24) is 15.5 Å². The molecule has 0 bridgehead atoms. The monoisotopic (exact) mass is 321 g/mol. The molecule has 0 aromatic heterocycles. The van der Waals surface area contributed by atoms with Crippen LogP contribution in [-0.2, 0) is 9.59 Å². The van der Waals surface area contributed by atoms with Crippen LogP contribution < -0.4 is 10.6 Å². The predicted octanol–water partition coefficient (Wildman–Crippen LogP) is 1.82. The first-order chi connectivity index (χ1) is 11.1. The van der Waals surface area contributed by atoms with Crippen LogP contribution in [0.15, 0.2) is 0 Å². The van der Waals surface area contributed by atoms with E-state index in [-0.39, 0.29) is 11.8 Å². The third kappa shape index (κ3) is 4.25. The van der Waals surface area contributed by atoms with Gasteiger partial charge in [-0.1, -0.05) is 19.3 Å². The summed E-state index contributed by atoms with van der Waals surface area (Å²) in [5, 5.41) is 6.66. The van der Waals surface area contributed by atoms with Gasteiger partial charge in [-0.15, -0.1) is 0 Å². The van der Waals surface area contributed by atoms with Crippen LogP contribution in [0.2, 0.25) is 0 Å². The first-order valence-electron chi connectivity index (χ1n) is 9.40. The Labute approximate surface area is 139 Å². The lowest BCUT2D eigenvalue weighted by atomic mass is 9.80. The van der Waals surface area contributed by atoms with Crippen molar-refractivity contribution in [2.24, 2.45) is 5.92 Å². The maximum atomic E-state index is 13.1. The van der Waals surface area contributed by atoms with Crippen LogP contribution in [0.3, 0.4) is 0 Å². The second-order valence-corrected chi connectivity index (χ2v) is 7.74. The highest BCUT2D eigenvalue weighted by Gasteiger charge is 2.43. The molecule has 1 heterocycles. The highest BCUT2D eigenvalue weighted by atomic mass is 16.2. The van der Waals surface area contributed by atoms with Crippen LogP contribution in [0.25, 0.3) is 0 Å². The largest absolute Gasteiger partial charge is 0.342 e. The highest BCUT2D eigenvalue weighted by Crippen LogP contribution is 2.31. The summed E-state index contributed by atoms with van der Waals surface area (Å²) in [5.41, 5.74) is -0.627. The van der Waals surface area contributed by atoms with Crippen molar-refractivity contribution in [2.45, 2.75) is 76.3 Å². The number of nitrogens with one attached hydrogen (secondary N) is 2. The lowest BCUT2D eigenvalue weighted by Gasteiger charge is -2.42. The summed E-state index contributed by atoms with van der Waals surface area (Å²) in [6.07, 6.45) is 9.66. The van der Waals surface area contributed by atoms with Crippen LogP contribution in [0, 0.1) is 5.92 Å². The minimum absolute atomic E-state index is 0.0822. The SMILES string of the molecule is CC(=O)NC1(C(=O)N2CCC(NCC3CC3)CC2)CCCCC1. The van der Waals surface area contributed by atoms with Gasteiger partial charge in [0.25, 0.3) is 0 Å². The Hall–Kier alpha value is -1.10. The number of amides is 2. The summed E-state index contributed by atoms with van der Waals surface area (Å²) in [6, 6.07) is 0.558. The van der Waals surface area contributed by atoms with Gasteiger partial charge in [-0.05, 0) is 51.0 Å². The average molecular weight is 321 g/mol. The van der Waals surface area contributed by atoms with E-state index in [9.17, 15) is 9.59 Å². The van der Waals surface area contributed by atoms with Gasteiger partial charge in [0, 0.05) is 26.1 Å². The Morgan fingerprint density at radius 1 is 1.04 bits per heavy atom. The van der Waals surface area contributed by atoms with Crippen LogP contribution in [-0.4, -0.2) is 47.9 Å². The zero-order valence-electron chi connectivity index (χ0n) is 14.4. The van der Waals surface area contributed by atoms with Gasteiger partial charge in [-0.3, -0.25) is 9.59 Å². The van der Waals surface area contributed by atoms with Gasteiger partial charge in [-0.25, -0.2) is 0 Å². The Morgan fingerprint density at radius 3 is 2.26 bits per heavy atom. The molecule has 0 aromatic rings. The molecule has 3 rings (SSSR count). The van der Waals surface area contributed by atoms with Crippen molar-refractivity contribution in [3.8, 4) is 0 Å². The number of rotatable bonds is 5. The third-order valence-electron chi connectivity index (χ3n) is 5.71. The first-order valence-corrected chi connectivity index (χ1v) is 9.40. The third-order valence-corrected chi connectivity index (χ3v) is 5.71. The van der Waals surface area contributed by atoms with Crippen molar-refractivity contribution < 1.29 is 9.59 Å². The molecule has 2 saturated carbocycles. The lowest BCUT2D eigenvalue weighted by molar-refractivity contribution is -0.144. The Kier molecular flexibility index (Phi) is 5.24. The molecule has 2 amide bonds. The maximum Gasteiger partial charge on any atom is 0.248 e.